The van der Waals surface area contributed by atoms with E-state index < -0.39 is 5.97 Å². The van der Waals surface area contributed by atoms with E-state index in [9.17, 15) is 9.90 Å². The lowest BCUT2D eigenvalue weighted by Crippen LogP contribution is -2.41. The van der Waals surface area contributed by atoms with E-state index in [0.717, 1.165) is 25.3 Å². The molecule has 3 aliphatic rings. The Balaban J connectivity index is 1.53. The molecule has 4 rings (SSSR count). The summed E-state index contributed by atoms with van der Waals surface area (Å²) < 4.78 is 0. The number of hydrogen-bond donors (Lipinski definition) is 1. The van der Waals surface area contributed by atoms with Crippen molar-refractivity contribution >= 4 is 17.7 Å². The van der Waals surface area contributed by atoms with Gasteiger partial charge in [-0.25, -0.2) is 0 Å². The minimum atomic E-state index is -0.608. The van der Waals surface area contributed by atoms with Crippen LogP contribution in [0.25, 0.3) is 0 Å². The highest BCUT2D eigenvalue weighted by molar-refractivity contribution is 7.99. The summed E-state index contributed by atoms with van der Waals surface area (Å²) in [5.74, 6) is 2.00. The van der Waals surface area contributed by atoms with Crippen LogP contribution >= 0.6 is 11.8 Å². The molecule has 1 N–H and O–H groups in total. The third-order valence-corrected chi connectivity index (χ3v) is 6.74. The molecule has 0 amide bonds. The lowest BCUT2D eigenvalue weighted by Gasteiger charge is -2.27. The summed E-state index contributed by atoms with van der Waals surface area (Å²) in [6, 6.07) is 8.36. The van der Waals surface area contributed by atoms with Gasteiger partial charge in [-0.15, -0.1) is 11.8 Å². The van der Waals surface area contributed by atoms with Crippen molar-refractivity contribution in [2.45, 2.75) is 36.1 Å². The minimum absolute atomic E-state index is 0.240. The molecule has 0 aromatic heterocycles. The first-order chi connectivity index (χ1) is 10.2. The molecule has 0 bridgehead atoms. The number of likely N-dealkylation sites (tertiary alicyclic amines) is 1. The third-order valence-electron chi connectivity index (χ3n) is 5.49. The summed E-state index contributed by atoms with van der Waals surface area (Å²) >= 11 is 1.92. The summed E-state index contributed by atoms with van der Waals surface area (Å²) in [6.07, 6.45) is 3.55. The van der Waals surface area contributed by atoms with Crippen LogP contribution in [0.15, 0.2) is 29.2 Å². The first-order valence-electron chi connectivity index (χ1n) is 7.92. The maximum atomic E-state index is 11.7. The fourth-order valence-electron chi connectivity index (χ4n) is 4.58. The molecule has 1 aliphatic carbocycles. The summed E-state index contributed by atoms with van der Waals surface area (Å²) in [7, 11) is 0. The number of nitrogens with zero attached hydrogens (tertiary/aromatic N) is 1. The van der Waals surface area contributed by atoms with Crippen LogP contribution in [0.1, 0.15) is 30.7 Å². The van der Waals surface area contributed by atoms with Crippen LogP contribution in [0.2, 0.25) is 0 Å². The number of fused-ring (bicyclic) bond motifs is 2. The molecule has 4 unspecified atom stereocenters. The number of carboxylic acid groups (broad SMARTS) is 1. The Morgan fingerprint density at radius 3 is 3.05 bits per heavy atom. The van der Waals surface area contributed by atoms with E-state index in [-0.39, 0.29) is 6.04 Å². The van der Waals surface area contributed by atoms with Gasteiger partial charge in [-0.2, -0.15) is 0 Å². The third kappa shape index (κ3) is 2.29. The standard InChI is InChI=1S/C17H21NO2S/c19-17(20)16-14-6-3-4-11(14)8-18(16)9-12-10-21-15-7-2-1-5-13(12)15/h1-2,5,7,11-12,14,16H,3-4,6,8-10H2,(H,19,20). The van der Waals surface area contributed by atoms with Crippen LogP contribution in [0.4, 0.5) is 0 Å². The SMILES string of the molecule is O=C(O)C1C2CCCC2CN1CC1CSc2ccccc21. The van der Waals surface area contributed by atoms with Gasteiger partial charge in [-0.1, -0.05) is 24.6 Å². The second-order valence-electron chi connectivity index (χ2n) is 6.64. The highest BCUT2D eigenvalue weighted by atomic mass is 32.2. The summed E-state index contributed by atoms with van der Waals surface area (Å²) in [4.78, 5) is 15.4. The first kappa shape index (κ1) is 13.6. The molecule has 2 fully saturated rings. The lowest BCUT2D eigenvalue weighted by atomic mass is 9.94. The molecule has 0 spiro atoms. The van der Waals surface area contributed by atoms with E-state index in [0.29, 0.717) is 17.8 Å². The van der Waals surface area contributed by atoms with Crippen molar-refractivity contribution in [3.8, 4) is 0 Å². The molecule has 1 saturated carbocycles. The fraction of sp³-hybridized carbons (Fsp3) is 0.588. The van der Waals surface area contributed by atoms with Gasteiger partial charge in [-0.05, 0) is 36.3 Å². The van der Waals surface area contributed by atoms with Crippen LogP contribution in [0, 0.1) is 11.8 Å². The minimum Gasteiger partial charge on any atom is -0.480 e. The normalized spacial score (nSPS) is 34.9. The smallest absolute Gasteiger partial charge is 0.321 e. The Morgan fingerprint density at radius 2 is 2.19 bits per heavy atom. The number of hydrogen-bond acceptors (Lipinski definition) is 3. The molecular formula is C17H21NO2S. The van der Waals surface area contributed by atoms with Gasteiger partial charge in [-0.3, -0.25) is 9.69 Å². The number of carboxylic acids is 1. The molecule has 112 valence electrons. The molecule has 1 saturated heterocycles. The largest absolute Gasteiger partial charge is 0.480 e. The van der Waals surface area contributed by atoms with Crippen LogP contribution in [-0.4, -0.2) is 40.9 Å². The zero-order valence-corrected chi connectivity index (χ0v) is 12.9. The van der Waals surface area contributed by atoms with Crippen molar-refractivity contribution in [1.29, 1.82) is 0 Å². The average Bonchev–Trinajstić information content (AvgIpc) is 3.13. The molecule has 2 aliphatic heterocycles. The molecule has 3 nitrogen and oxygen atoms in total. The highest BCUT2D eigenvalue weighted by Gasteiger charge is 2.48. The second-order valence-corrected chi connectivity index (χ2v) is 7.70. The molecule has 21 heavy (non-hydrogen) atoms. The molecule has 4 heteroatoms. The first-order valence-corrected chi connectivity index (χ1v) is 8.91. The van der Waals surface area contributed by atoms with Gasteiger partial charge in [0.2, 0.25) is 0 Å². The summed E-state index contributed by atoms with van der Waals surface area (Å²) in [6.45, 7) is 1.90. The second kappa shape index (κ2) is 5.33. The van der Waals surface area contributed by atoms with Crippen molar-refractivity contribution in [1.82, 2.24) is 4.90 Å². The predicted octanol–water partition coefficient (Wildman–Crippen LogP) is 3.06. The Hall–Kier alpha value is -1.00. The monoisotopic (exact) mass is 303 g/mol. The van der Waals surface area contributed by atoms with Crippen molar-refractivity contribution in [2.24, 2.45) is 11.8 Å². The zero-order chi connectivity index (χ0) is 14.4. The van der Waals surface area contributed by atoms with Crippen molar-refractivity contribution in [2.75, 3.05) is 18.8 Å². The molecular weight excluding hydrogens is 282 g/mol. The Kier molecular flexibility index (Phi) is 3.46. The topological polar surface area (TPSA) is 40.5 Å². The van der Waals surface area contributed by atoms with Gasteiger partial charge in [0, 0.05) is 29.7 Å². The fourth-order valence-corrected chi connectivity index (χ4v) is 5.83. The van der Waals surface area contributed by atoms with Gasteiger partial charge >= 0.3 is 5.97 Å². The van der Waals surface area contributed by atoms with Crippen molar-refractivity contribution in [3.63, 3.8) is 0 Å². The number of carbonyl (C=O) groups is 1. The van der Waals surface area contributed by atoms with Gasteiger partial charge < -0.3 is 5.11 Å². The molecule has 0 radical (unpaired) electrons. The van der Waals surface area contributed by atoms with E-state index >= 15 is 0 Å². The molecule has 2 heterocycles. The molecule has 1 aromatic carbocycles. The van der Waals surface area contributed by atoms with E-state index in [4.69, 9.17) is 0 Å². The van der Waals surface area contributed by atoms with Crippen molar-refractivity contribution < 1.29 is 9.90 Å². The Morgan fingerprint density at radius 1 is 1.33 bits per heavy atom. The van der Waals surface area contributed by atoms with Crippen LogP contribution < -0.4 is 0 Å². The van der Waals surface area contributed by atoms with Gasteiger partial charge in [0.15, 0.2) is 0 Å². The maximum absolute atomic E-state index is 11.7. The van der Waals surface area contributed by atoms with E-state index in [2.05, 4.69) is 29.2 Å². The molecule has 4 atom stereocenters. The Labute approximate surface area is 129 Å². The summed E-state index contributed by atoms with van der Waals surface area (Å²) in [5.41, 5.74) is 1.42. The number of thioether (sulfide) groups is 1. The predicted molar refractivity (Wildman–Crippen MR) is 83.7 cm³/mol. The number of rotatable bonds is 3. The van der Waals surface area contributed by atoms with Crippen LogP contribution in [0.5, 0.6) is 0 Å². The van der Waals surface area contributed by atoms with Gasteiger partial charge in [0.05, 0.1) is 0 Å². The maximum Gasteiger partial charge on any atom is 0.321 e. The molecule has 1 aromatic rings. The van der Waals surface area contributed by atoms with Crippen molar-refractivity contribution in [3.05, 3.63) is 29.8 Å². The number of aliphatic carboxylic acids is 1. The quantitative estimate of drug-likeness (QED) is 0.931. The van der Waals surface area contributed by atoms with Crippen LogP contribution in [-0.2, 0) is 4.79 Å². The van der Waals surface area contributed by atoms with Gasteiger partial charge in [0.1, 0.15) is 6.04 Å². The lowest BCUT2D eigenvalue weighted by molar-refractivity contribution is -0.143. The van der Waals surface area contributed by atoms with Crippen LogP contribution in [0.3, 0.4) is 0 Å². The van der Waals surface area contributed by atoms with E-state index in [1.807, 2.05) is 11.8 Å². The average molecular weight is 303 g/mol. The Bertz CT molecular complexity index is 561. The zero-order valence-electron chi connectivity index (χ0n) is 12.1. The summed E-state index contributed by atoms with van der Waals surface area (Å²) in [5, 5.41) is 9.65. The van der Waals surface area contributed by atoms with E-state index in [1.54, 1.807) is 0 Å². The highest BCUT2D eigenvalue weighted by Crippen LogP contribution is 2.45. The van der Waals surface area contributed by atoms with E-state index in [1.165, 1.54) is 23.3 Å². The van der Waals surface area contributed by atoms with Gasteiger partial charge in [0.25, 0.3) is 0 Å². The number of benzene rings is 1.